The molecule has 10 heteroatoms. The van der Waals surface area contributed by atoms with E-state index in [-0.39, 0.29) is 0 Å². The maximum atomic E-state index is 8.50. The van der Waals surface area contributed by atoms with Crippen molar-refractivity contribution in [2.75, 3.05) is 26.4 Å². The van der Waals surface area contributed by atoms with E-state index in [1.807, 2.05) is 0 Å². The molecule has 0 aromatic heterocycles. The third kappa shape index (κ3) is 5.86. The van der Waals surface area contributed by atoms with Gasteiger partial charge in [-0.25, -0.2) is 0 Å². The predicted molar refractivity (Wildman–Crippen MR) is 88.6 cm³/mol. The van der Waals surface area contributed by atoms with Gasteiger partial charge in [-0.2, -0.15) is 0 Å². The molecule has 0 amide bonds. The molecule has 4 nitrogen and oxygen atoms in total. The summed E-state index contributed by atoms with van der Waals surface area (Å²) in [5, 5.41) is 31.4. The van der Waals surface area contributed by atoms with Crippen molar-refractivity contribution in [1.82, 2.24) is 0 Å². The summed E-state index contributed by atoms with van der Waals surface area (Å²) in [7, 11) is 0. The molecule has 0 bridgehead atoms. The first-order valence-electron chi connectivity index (χ1n) is 5.99. The lowest BCUT2D eigenvalue weighted by Gasteiger charge is -2.37. The SMILES string of the molecule is Cl[C@H]1[C@H](Cl)[C@@H](Cl)[C@@H](Cl)[C@H](Cl)[C@H]1Cl.OCC(CO)(CO)CO. The molecule has 0 radical (unpaired) electrons. The Morgan fingerprint density at radius 1 is 0.476 bits per heavy atom. The number of aliphatic hydroxyl groups is 4. The van der Waals surface area contributed by atoms with Crippen molar-refractivity contribution >= 4 is 69.6 Å². The molecule has 1 fully saturated rings. The van der Waals surface area contributed by atoms with E-state index in [9.17, 15) is 0 Å². The van der Waals surface area contributed by atoms with E-state index in [4.69, 9.17) is 90.0 Å². The lowest BCUT2D eigenvalue weighted by molar-refractivity contribution is -0.0328. The minimum absolute atomic E-state index is 0.406. The van der Waals surface area contributed by atoms with Gasteiger partial charge in [-0.15, -0.1) is 69.6 Å². The molecule has 0 unspecified atom stereocenters. The highest BCUT2D eigenvalue weighted by Gasteiger charge is 2.46. The van der Waals surface area contributed by atoms with Crippen LogP contribution in [0.2, 0.25) is 0 Å². The van der Waals surface area contributed by atoms with Crippen molar-refractivity contribution in [1.29, 1.82) is 0 Å². The molecule has 0 aliphatic heterocycles. The second kappa shape index (κ2) is 10.4. The maximum absolute atomic E-state index is 8.50. The standard InChI is InChI=1S/C6H6Cl6.C5H12O4/c7-1-2(8)4(10)6(12)5(11)3(1)9;6-1-5(2-7,3-8)4-9/h1-6H;6-9H,1-4H2/t1-,2-,3-,4+,5+,6+;. The van der Waals surface area contributed by atoms with Gasteiger partial charge in [0.2, 0.25) is 0 Å². The Morgan fingerprint density at radius 3 is 0.667 bits per heavy atom. The molecule has 0 heterocycles. The van der Waals surface area contributed by atoms with Crippen LogP contribution in [0.1, 0.15) is 0 Å². The van der Waals surface area contributed by atoms with Crippen LogP contribution in [0, 0.1) is 5.41 Å². The van der Waals surface area contributed by atoms with Crippen molar-refractivity contribution in [3.05, 3.63) is 0 Å². The van der Waals surface area contributed by atoms with Crippen LogP contribution in [0.25, 0.3) is 0 Å². The van der Waals surface area contributed by atoms with Crippen LogP contribution in [-0.2, 0) is 0 Å². The number of alkyl halides is 6. The Hall–Kier alpha value is 1.58. The van der Waals surface area contributed by atoms with Crippen LogP contribution < -0.4 is 0 Å². The van der Waals surface area contributed by atoms with E-state index in [0.29, 0.717) is 0 Å². The Bertz CT molecular complexity index is 218. The first-order valence-corrected chi connectivity index (χ1v) is 8.61. The van der Waals surface area contributed by atoms with Crippen LogP contribution in [0.4, 0.5) is 0 Å². The Balaban J connectivity index is 0.000000400. The highest BCUT2D eigenvalue weighted by Crippen LogP contribution is 2.39. The van der Waals surface area contributed by atoms with Crippen LogP contribution in [-0.4, -0.2) is 79.1 Å². The van der Waals surface area contributed by atoms with Crippen molar-refractivity contribution in [3.63, 3.8) is 0 Å². The third-order valence-electron chi connectivity index (χ3n) is 3.17. The molecule has 0 aromatic rings. The Morgan fingerprint density at radius 2 is 0.619 bits per heavy atom. The molecule has 1 aliphatic rings. The molecule has 0 saturated heterocycles. The zero-order valence-corrected chi connectivity index (χ0v) is 15.4. The molecule has 1 aliphatic carbocycles. The van der Waals surface area contributed by atoms with E-state index >= 15 is 0 Å². The lowest BCUT2D eigenvalue weighted by Crippen LogP contribution is -2.52. The average Bonchev–Trinajstić information content (AvgIpc) is 2.52. The minimum Gasteiger partial charge on any atom is -0.396 e. The fraction of sp³-hybridized carbons (Fsp3) is 1.00. The topological polar surface area (TPSA) is 80.9 Å². The summed E-state index contributed by atoms with van der Waals surface area (Å²) in [4.78, 5) is 0. The van der Waals surface area contributed by atoms with Gasteiger partial charge in [0.15, 0.2) is 0 Å². The van der Waals surface area contributed by atoms with E-state index in [2.05, 4.69) is 0 Å². The van der Waals surface area contributed by atoms with Crippen molar-refractivity contribution in [2.24, 2.45) is 5.41 Å². The van der Waals surface area contributed by atoms with Gasteiger partial charge in [0, 0.05) is 0 Å². The molecule has 128 valence electrons. The smallest absolute Gasteiger partial charge is 0.0693 e. The van der Waals surface area contributed by atoms with Crippen molar-refractivity contribution in [3.8, 4) is 0 Å². The van der Waals surface area contributed by atoms with Crippen LogP contribution >= 0.6 is 69.6 Å². The van der Waals surface area contributed by atoms with Gasteiger partial charge in [0.05, 0.1) is 64.1 Å². The summed E-state index contributed by atoms with van der Waals surface area (Å²) in [6.07, 6.45) is 0. The molecular weight excluding hydrogens is 409 g/mol. The maximum Gasteiger partial charge on any atom is 0.0693 e. The first kappa shape index (κ1) is 22.6. The van der Waals surface area contributed by atoms with Crippen LogP contribution in [0.5, 0.6) is 0 Å². The first-order chi connectivity index (χ1) is 9.71. The van der Waals surface area contributed by atoms with Crippen molar-refractivity contribution < 1.29 is 20.4 Å². The third-order valence-corrected chi connectivity index (χ3v) is 7.20. The van der Waals surface area contributed by atoms with E-state index < -0.39 is 64.1 Å². The lowest BCUT2D eigenvalue weighted by atomic mass is 9.93. The molecule has 0 atom stereocenters. The minimum atomic E-state index is -1.11. The molecular formula is C11H18Cl6O4. The Kier molecular flexibility index (Phi) is 11.2. The van der Waals surface area contributed by atoms with Gasteiger partial charge in [-0.3, -0.25) is 0 Å². The van der Waals surface area contributed by atoms with E-state index in [1.165, 1.54) is 0 Å². The van der Waals surface area contributed by atoms with Crippen LogP contribution in [0.15, 0.2) is 0 Å². The number of aliphatic hydroxyl groups excluding tert-OH is 4. The summed E-state index contributed by atoms with van der Waals surface area (Å²) >= 11 is 35.3. The summed E-state index contributed by atoms with van der Waals surface area (Å²) in [6.45, 7) is -1.62. The van der Waals surface area contributed by atoms with E-state index in [0.717, 1.165) is 0 Å². The molecule has 1 rings (SSSR count). The fourth-order valence-corrected chi connectivity index (χ4v) is 3.68. The number of halogens is 6. The van der Waals surface area contributed by atoms with Gasteiger partial charge in [0.1, 0.15) is 0 Å². The van der Waals surface area contributed by atoms with Gasteiger partial charge in [0.25, 0.3) is 0 Å². The summed E-state index contributed by atoms with van der Waals surface area (Å²) < 4.78 is 0. The number of hydrogen-bond acceptors (Lipinski definition) is 4. The second-order valence-electron chi connectivity index (χ2n) is 4.80. The van der Waals surface area contributed by atoms with Gasteiger partial charge in [-0.1, -0.05) is 0 Å². The summed E-state index contributed by atoms with van der Waals surface area (Å²) in [6, 6.07) is 0. The van der Waals surface area contributed by atoms with Crippen molar-refractivity contribution in [2.45, 2.75) is 32.3 Å². The zero-order valence-electron chi connectivity index (χ0n) is 10.8. The van der Waals surface area contributed by atoms with Crippen LogP contribution in [0.3, 0.4) is 0 Å². The average molecular weight is 427 g/mol. The highest BCUT2D eigenvalue weighted by molar-refractivity contribution is 6.45. The van der Waals surface area contributed by atoms with Gasteiger partial charge < -0.3 is 20.4 Å². The van der Waals surface area contributed by atoms with Gasteiger partial charge in [-0.05, 0) is 0 Å². The predicted octanol–water partition coefficient (Wildman–Crippen LogP) is 1.59. The molecule has 4 N–H and O–H groups in total. The molecule has 0 aromatic carbocycles. The fourth-order valence-electron chi connectivity index (χ4n) is 1.35. The number of rotatable bonds is 4. The second-order valence-corrected chi connectivity index (χ2v) is 7.82. The zero-order chi connectivity index (χ0) is 16.8. The summed E-state index contributed by atoms with van der Waals surface area (Å²) in [5.74, 6) is 0. The molecule has 21 heavy (non-hydrogen) atoms. The Labute approximate surface area is 153 Å². The normalized spacial score (nSPS) is 36.9. The quantitative estimate of drug-likeness (QED) is 0.514. The largest absolute Gasteiger partial charge is 0.396 e. The van der Waals surface area contributed by atoms with E-state index in [1.54, 1.807) is 0 Å². The molecule has 1 saturated carbocycles. The highest BCUT2D eigenvalue weighted by atomic mass is 35.5. The molecule has 0 spiro atoms. The summed E-state index contributed by atoms with van der Waals surface area (Å²) in [5.41, 5.74) is -1.11. The van der Waals surface area contributed by atoms with Gasteiger partial charge >= 0.3 is 0 Å². The number of hydrogen-bond donors (Lipinski definition) is 4. The monoisotopic (exact) mass is 424 g/mol.